The zero-order chi connectivity index (χ0) is 16.2. The van der Waals surface area contributed by atoms with Crippen molar-refractivity contribution in [3.05, 3.63) is 28.2 Å². The number of aryl methyl sites for hydroxylation is 1. The van der Waals surface area contributed by atoms with Gasteiger partial charge in [0.15, 0.2) is 4.34 Å². The van der Waals surface area contributed by atoms with Crippen LogP contribution in [0.5, 0.6) is 0 Å². The highest BCUT2D eigenvalue weighted by molar-refractivity contribution is 8.01. The molecule has 2 aromatic rings. The summed E-state index contributed by atoms with van der Waals surface area (Å²) in [5, 5.41) is 12.5. The number of para-hydroxylation sites is 1. The van der Waals surface area contributed by atoms with Gasteiger partial charge in [0.05, 0.1) is 22.2 Å². The van der Waals surface area contributed by atoms with E-state index < -0.39 is 0 Å². The van der Waals surface area contributed by atoms with Crippen molar-refractivity contribution >= 4 is 52.0 Å². The van der Waals surface area contributed by atoms with Crippen LogP contribution in [0.25, 0.3) is 0 Å². The van der Waals surface area contributed by atoms with Crippen LogP contribution in [-0.2, 0) is 4.79 Å². The van der Waals surface area contributed by atoms with E-state index in [1.165, 1.54) is 23.1 Å². The summed E-state index contributed by atoms with van der Waals surface area (Å²) in [6.45, 7) is 3.85. The third-order valence-corrected chi connectivity index (χ3v) is 5.79. The molecule has 0 saturated carbocycles. The highest BCUT2D eigenvalue weighted by Gasteiger charge is 2.19. The number of nitrogens with zero attached hydrogens (tertiary/aromatic N) is 3. The molecule has 1 saturated heterocycles. The first kappa shape index (κ1) is 16.5. The molecule has 8 heteroatoms. The van der Waals surface area contributed by atoms with Crippen molar-refractivity contribution in [2.45, 2.75) is 24.1 Å². The molecule has 1 aliphatic rings. The molecular weight excluding hydrogens is 352 g/mol. The zero-order valence-corrected chi connectivity index (χ0v) is 15.1. The van der Waals surface area contributed by atoms with Crippen molar-refractivity contribution < 1.29 is 4.79 Å². The predicted octanol–water partition coefficient (Wildman–Crippen LogP) is 3.83. The minimum absolute atomic E-state index is 0.0643. The molecule has 1 aliphatic heterocycles. The Labute approximate surface area is 148 Å². The van der Waals surface area contributed by atoms with Crippen LogP contribution in [0.4, 0.5) is 11.4 Å². The molecule has 1 amide bonds. The van der Waals surface area contributed by atoms with Crippen molar-refractivity contribution in [3.63, 3.8) is 0 Å². The maximum Gasteiger partial charge on any atom is 0.234 e. The minimum atomic E-state index is -0.0643. The van der Waals surface area contributed by atoms with Gasteiger partial charge in [-0.2, -0.15) is 0 Å². The molecule has 1 fully saturated rings. The number of carbonyl (C=O) groups is 1. The van der Waals surface area contributed by atoms with Gasteiger partial charge in [0.25, 0.3) is 0 Å². The van der Waals surface area contributed by atoms with Crippen LogP contribution in [0.1, 0.15) is 17.8 Å². The first-order chi connectivity index (χ1) is 11.1. The van der Waals surface area contributed by atoms with Crippen LogP contribution >= 0.6 is 34.7 Å². The van der Waals surface area contributed by atoms with Crippen LogP contribution in [0.15, 0.2) is 22.5 Å². The Kier molecular flexibility index (Phi) is 5.40. The number of thioether (sulfide) groups is 1. The Morgan fingerprint density at radius 3 is 2.87 bits per heavy atom. The van der Waals surface area contributed by atoms with Gasteiger partial charge in [0.1, 0.15) is 5.01 Å². The number of rotatable bonds is 5. The summed E-state index contributed by atoms with van der Waals surface area (Å²) in [6, 6.07) is 5.62. The van der Waals surface area contributed by atoms with E-state index in [1.807, 2.05) is 25.1 Å². The van der Waals surface area contributed by atoms with Crippen LogP contribution in [-0.4, -0.2) is 34.9 Å². The highest BCUT2D eigenvalue weighted by atomic mass is 35.5. The number of amides is 1. The number of hydrogen-bond donors (Lipinski definition) is 1. The molecular formula is C15H17ClN4OS2. The molecule has 0 unspecified atom stereocenters. The molecule has 0 radical (unpaired) electrons. The third kappa shape index (κ3) is 4.16. The smallest absolute Gasteiger partial charge is 0.234 e. The molecule has 0 atom stereocenters. The van der Waals surface area contributed by atoms with Gasteiger partial charge < -0.3 is 10.2 Å². The molecule has 1 aromatic heterocycles. The Morgan fingerprint density at radius 1 is 1.39 bits per heavy atom. The predicted molar refractivity (Wildman–Crippen MR) is 96.9 cm³/mol. The molecule has 122 valence electrons. The quantitative estimate of drug-likeness (QED) is 0.813. The summed E-state index contributed by atoms with van der Waals surface area (Å²) in [5.41, 5.74) is 1.70. The standard InChI is InChI=1S/C15H17ClN4OS2/c1-10-18-19-15(23-10)22-9-13(21)17-12-6-4-5-11(16)14(12)20-7-2-3-8-20/h4-6H,2-3,7-9H2,1H3,(H,17,21). The molecule has 3 rings (SSSR count). The van der Waals surface area contributed by atoms with Crippen molar-refractivity contribution in [2.75, 3.05) is 29.1 Å². The lowest BCUT2D eigenvalue weighted by Crippen LogP contribution is -2.22. The second-order valence-electron chi connectivity index (χ2n) is 5.25. The number of benzene rings is 1. The van der Waals surface area contributed by atoms with E-state index >= 15 is 0 Å². The first-order valence-electron chi connectivity index (χ1n) is 7.40. The molecule has 1 N–H and O–H groups in total. The minimum Gasteiger partial charge on any atom is -0.369 e. The monoisotopic (exact) mass is 368 g/mol. The molecule has 2 heterocycles. The normalized spacial score (nSPS) is 14.3. The Bertz CT molecular complexity index is 701. The molecule has 0 spiro atoms. The van der Waals surface area contributed by atoms with Crippen molar-refractivity contribution in [1.29, 1.82) is 0 Å². The van der Waals surface area contributed by atoms with Gasteiger partial charge in [-0.15, -0.1) is 10.2 Å². The van der Waals surface area contributed by atoms with Gasteiger partial charge in [0, 0.05) is 13.1 Å². The van der Waals surface area contributed by atoms with Gasteiger partial charge in [0.2, 0.25) is 5.91 Å². The van der Waals surface area contributed by atoms with E-state index in [4.69, 9.17) is 11.6 Å². The van der Waals surface area contributed by atoms with Crippen LogP contribution < -0.4 is 10.2 Å². The average Bonchev–Trinajstić information content (AvgIpc) is 3.17. The lowest BCUT2D eigenvalue weighted by molar-refractivity contribution is -0.113. The summed E-state index contributed by atoms with van der Waals surface area (Å²) in [4.78, 5) is 14.5. The Balaban J connectivity index is 1.67. The highest BCUT2D eigenvalue weighted by Crippen LogP contribution is 2.36. The number of aromatic nitrogens is 2. The fourth-order valence-corrected chi connectivity index (χ4v) is 4.44. The lowest BCUT2D eigenvalue weighted by atomic mass is 10.2. The van der Waals surface area contributed by atoms with Crippen molar-refractivity contribution in [3.8, 4) is 0 Å². The molecule has 1 aromatic carbocycles. The van der Waals surface area contributed by atoms with E-state index in [0.717, 1.165) is 46.7 Å². The summed E-state index contributed by atoms with van der Waals surface area (Å²) in [7, 11) is 0. The zero-order valence-electron chi connectivity index (χ0n) is 12.7. The molecule has 5 nitrogen and oxygen atoms in total. The maximum atomic E-state index is 12.2. The lowest BCUT2D eigenvalue weighted by Gasteiger charge is -2.22. The number of halogens is 1. The fourth-order valence-electron chi connectivity index (χ4n) is 2.53. The van der Waals surface area contributed by atoms with Gasteiger partial charge in [-0.3, -0.25) is 4.79 Å². The van der Waals surface area contributed by atoms with E-state index in [-0.39, 0.29) is 5.91 Å². The van der Waals surface area contributed by atoms with E-state index in [9.17, 15) is 4.79 Å². The van der Waals surface area contributed by atoms with Gasteiger partial charge >= 0.3 is 0 Å². The second kappa shape index (κ2) is 7.51. The van der Waals surface area contributed by atoms with Crippen molar-refractivity contribution in [1.82, 2.24) is 10.2 Å². The summed E-state index contributed by atoms with van der Waals surface area (Å²) in [5.74, 6) is 0.242. The number of carbonyl (C=O) groups excluding carboxylic acids is 1. The van der Waals surface area contributed by atoms with Gasteiger partial charge in [-0.25, -0.2) is 0 Å². The van der Waals surface area contributed by atoms with E-state index in [2.05, 4.69) is 20.4 Å². The Morgan fingerprint density at radius 2 is 2.17 bits per heavy atom. The Hall–Kier alpha value is -1.31. The average molecular weight is 369 g/mol. The number of nitrogens with one attached hydrogen (secondary N) is 1. The van der Waals surface area contributed by atoms with Crippen LogP contribution in [0.2, 0.25) is 5.02 Å². The van der Waals surface area contributed by atoms with Gasteiger partial charge in [-0.1, -0.05) is 40.8 Å². The topological polar surface area (TPSA) is 58.1 Å². The fraction of sp³-hybridized carbons (Fsp3) is 0.400. The molecule has 23 heavy (non-hydrogen) atoms. The molecule has 0 bridgehead atoms. The first-order valence-corrected chi connectivity index (χ1v) is 9.58. The number of hydrogen-bond acceptors (Lipinski definition) is 6. The maximum absolute atomic E-state index is 12.2. The van der Waals surface area contributed by atoms with E-state index in [0.29, 0.717) is 10.8 Å². The van der Waals surface area contributed by atoms with Crippen LogP contribution in [0, 0.1) is 6.92 Å². The second-order valence-corrected chi connectivity index (χ2v) is 8.07. The number of anilines is 2. The van der Waals surface area contributed by atoms with Gasteiger partial charge in [-0.05, 0) is 31.9 Å². The van der Waals surface area contributed by atoms with E-state index in [1.54, 1.807) is 0 Å². The third-order valence-electron chi connectivity index (χ3n) is 3.52. The summed E-state index contributed by atoms with van der Waals surface area (Å²) >= 11 is 9.24. The summed E-state index contributed by atoms with van der Waals surface area (Å²) < 4.78 is 0.809. The summed E-state index contributed by atoms with van der Waals surface area (Å²) in [6.07, 6.45) is 2.32. The van der Waals surface area contributed by atoms with Crippen molar-refractivity contribution in [2.24, 2.45) is 0 Å². The molecule has 0 aliphatic carbocycles. The largest absolute Gasteiger partial charge is 0.369 e. The van der Waals surface area contributed by atoms with Crippen LogP contribution in [0.3, 0.4) is 0 Å². The SMILES string of the molecule is Cc1nnc(SCC(=O)Nc2cccc(Cl)c2N2CCCC2)s1.